The second-order valence-electron chi connectivity index (χ2n) is 4.80. The molecular weight excluding hydrogens is 336 g/mol. The lowest BCUT2D eigenvalue weighted by atomic mass is 10.2. The van der Waals surface area contributed by atoms with E-state index in [9.17, 15) is 9.59 Å². The highest BCUT2D eigenvalue weighted by molar-refractivity contribution is 7.18. The number of benzene rings is 1. The van der Waals surface area contributed by atoms with Crippen LogP contribution in [0.15, 0.2) is 35.1 Å². The highest BCUT2D eigenvalue weighted by Crippen LogP contribution is 2.23. The molecule has 0 aliphatic rings. The Bertz CT molecular complexity index is 990. The molecule has 0 unspecified atom stereocenters. The minimum Gasteiger partial charge on any atom is -0.477 e. The van der Waals surface area contributed by atoms with Gasteiger partial charge >= 0.3 is 5.97 Å². The van der Waals surface area contributed by atoms with E-state index in [-0.39, 0.29) is 9.90 Å². The molecule has 0 bridgehead atoms. The van der Waals surface area contributed by atoms with Crippen LogP contribution in [0.5, 0.6) is 0 Å². The third-order valence-electron chi connectivity index (χ3n) is 3.31. The average molecular weight is 347 g/mol. The molecule has 5 nitrogen and oxygen atoms in total. The first-order valence-electron chi connectivity index (χ1n) is 6.67. The minimum absolute atomic E-state index is 0.0347. The van der Waals surface area contributed by atoms with Crippen molar-refractivity contribution < 1.29 is 9.90 Å². The lowest BCUT2D eigenvalue weighted by molar-refractivity contribution is 0.0701. The Morgan fingerprint density at radius 2 is 2.00 bits per heavy atom. The summed E-state index contributed by atoms with van der Waals surface area (Å²) in [7, 11) is 0. The molecule has 1 aromatic carbocycles. The van der Waals surface area contributed by atoms with Crippen molar-refractivity contribution in [1.82, 2.24) is 9.38 Å². The number of fused-ring (bicyclic) bond motifs is 1. The van der Waals surface area contributed by atoms with E-state index in [0.717, 1.165) is 16.9 Å². The molecule has 23 heavy (non-hydrogen) atoms. The van der Waals surface area contributed by atoms with Crippen LogP contribution in [0.2, 0.25) is 5.02 Å². The number of carboxylic acid groups (broad SMARTS) is 1. The molecule has 3 rings (SSSR count). The fourth-order valence-corrected chi connectivity index (χ4v) is 3.33. The zero-order chi connectivity index (χ0) is 16.6. The normalized spacial score (nSPS) is 11.4. The summed E-state index contributed by atoms with van der Waals surface area (Å²) >= 11 is 7.06. The number of thiazole rings is 1. The Labute approximate surface area is 140 Å². The van der Waals surface area contributed by atoms with E-state index in [2.05, 4.69) is 4.98 Å². The van der Waals surface area contributed by atoms with Gasteiger partial charge in [-0.2, -0.15) is 0 Å². The molecule has 116 valence electrons. The van der Waals surface area contributed by atoms with Crippen LogP contribution in [0.1, 0.15) is 26.6 Å². The van der Waals surface area contributed by atoms with Gasteiger partial charge in [0.25, 0.3) is 5.56 Å². The quantitative estimate of drug-likeness (QED) is 0.786. The van der Waals surface area contributed by atoms with Gasteiger partial charge < -0.3 is 5.11 Å². The summed E-state index contributed by atoms with van der Waals surface area (Å²) in [5.74, 6) is -1.09. The van der Waals surface area contributed by atoms with Crippen molar-refractivity contribution >= 4 is 46.0 Å². The number of aryl methyl sites for hydroxylation is 1. The molecule has 2 heterocycles. The summed E-state index contributed by atoms with van der Waals surface area (Å²) in [5.41, 5.74) is 1.12. The van der Waals surface area contributed by atoms with Crippen LogP contribution in [0, 0.1) is 6.92 Å². The Morgan fingerprint density at radius 1 is 1.30 bits per heavy atom. The molecule has 7 heteroatoms. The van der Waals surface area contributed by atoms with Gasteiger partial charge in [0.15, 0.2) is 4.96 Å². The van der Waals surface area contributed by atoms with E-state index >= 15 is 0 Å². The van der Waals surface area contributed by atoms with Crippen LogP contribution in [0.4, 0.5) is 0 Å². The number of nitrogens with zero attached hydrogens (tertiary/aromatic N) is 2. The number of hydrogen-bond donors (Lipinski definition) is 1. The standard InChI is InChI=1S/C16H11ClN2O3S/c1-9-13(15(21)22)23-16-18-11(12(17)14(20)19(9)16)8-7-10-5-3-2-4-6-10/h2-8H,1H3,(H,21,22)/b8-7+. The number of carboxylic acids is 1. The summed E-state index contributed by atoms with van der Waals surface area (Å²) in [6.45, 7) is 1.56. The van der Waals surface area contributed by atoms with Gasteiger partial charge in [0.1, 0.15) is 9.90 Å². The summed E-state index contributed by atoms with van der Waals surface area (Å²) in [6.07, 6.45) is 3.44. The third-order valence-corrected chi connectivity index (χ3v) is 4.79. The van der Waals surface area contributed by atoms with Gasteiger partial charge in [0.05, 0.1) is 11.4 Å². The van der Waals surface area contributed by atoms with Gasteiger partial charge in [-0.15, -0.1) is 0 Å². The van der Waals surface area contributed by atoms with Gasteiger partial charge in [0.2, 0.25) is 0 Å². The number of halogens is 1. The lowest BCUT2D eigenvalue weighted by Gasteiger charge is -2.00. The maximum Gasteiger partial charge on any atom is 0.347 e. The molecule has 0 fully saturated rings. The van der Waals surface area contributed by atoms with Crippen molar-refractivity contribution in [3.8, 4) is 0 Å². The highest BCUT2D eigenvalue weighted by Gasteiger charge is 2.19. The Hall–Kier alpha value is -2.44. The SMILES string of the molecule is Cc1c(C(=O)O)sc2nc(/C=C/c3ccccc3)c(Cl)c(=O)n12. The first-order chi connectivity index (χ1) is 11.0. The first-order valence-corrected chi connectivity index (χ1v) is 7.86. The fourth-order valence-electron chi connectivity index (χ4n) is 2.18. The average Bonchev–Trinajstić information content (AvgIpc) is 2.87. The van der Waals surface area contributed by atoms with Gasteiger partial charge in [0, 0.05) is 0 Å². The molecule has 0 aliphatic carbocycles. The van der Waals surface area contributed by atoms with Crippen molar-refractivity contribution in [3.05, 3.63) is 67.5 Å². The Kier molecular flexibility index (Phi) is 4.02. The molecule has 0 saturated carbocycles. The molecule has 0 atom stereocenters. The van der Waals surface area contributed by atoms with Crippen LogP contribution in [-0.4, -0.2) is 20.5 Å². The van der Waals surface area contributed by atoms with Gasteiger partial charge in [-0.05, 0) is 18.6 Å². The number of carbonyl (C=O) groups is 1. The van der Waals surface area contributed by atoms with Crippen LogP contribution >= 0.6 is 22.9 Å². The van der Waals surface area contributed by atoms with E-state index in [1.807, 2.05) is 30.3 Å². The Morgan fingerprint density at radius 3 is 2.65 bits per heavy atom. The van der Waals surface area contributed by atoms with Crippen molar-refractivity contribution in [2.75, 3.05) is 0 Å². The maximum absolute atomic E-state index is 12.4. The third kappa shape index (κ3) is 2.78. The van der Waals surface area contributed by atoms with Gasteiger partial charge in [-0.3, -0.25) is 9.20 Å². The van der Waals surface area contributed by atoms with E-state index < -0.39 is 11.5 Å². The van der Waals surface area contributed by atoms with Crippen molar-refractivity contribution in [2.24, 2.45) is 0 Å². The molecule has 0 spiro atoms. The lowest BCUT2D eigenvalue weighted by Crippen LogP contribution is -2.17. The van der Waals surface area contributed by atoms with Crippen LogP contribution in [-0.2, 0) is 0 Å². The largest absolute Gasteiger partial charge is 0.477 e. The minimum atomic E-state index is -1.09. The monoisotopic (exact) mass is 346 g/mol. The van der Waals surface area contributed by atoms with Crippen molar-refractivity contribution in [1.29, 1.82) is 0 Å². The van der Waals surface area contributed by atoms with E-state index in [4.69, 9.17) is 16.7 Å². The zero-order valence-corrected chi connectivity index (χ0v) is 13.6. The molecule has 3 aromatic rings. The van der Waals surface area contributed by atoms with E-state index in [1.165, 1.54) is 4.40 Å². The second-order valence-corrected chi connectivity index (χ2v) is 6.16. The smallest absolute Gasteiger partial charge is 0.347 e. The number of aromatic nitrogens is 2. The van der Waals surface area contributed by atoms with E-state index in [0.29, 0.717) is 16.3 Å². The predicted molar refractivity (Wildman–Crippen MR) is 91.4 cm³/mol. The topological polar surface area (TPSA) is 71.7 Å². The number of hydrogen-bond acceptors (Lipinski definition) is 4. The molecule has 0 aliphatic heterocycles. The highest BCUT2D eigenvalue weighted by atomic mass is 35.5. The summed E-state index contributed by atoms with van der Waals surface area (Å²) < 4.78 is 1.23. The first kappa shape index (κ1) is 15.5. The number of rotatable bonds is 3. The fraction of sp³-hybridized carbons (Fsp3) is 0.0625. The van der Waals surface area contributed by atoms with Crippen molar-refractivity contribution in [3.63, 3.8) is 0 Å². The van der Waals surface area contributed by atoms with Crippen LogP contribution in [0.3, 0.4) is 0 Å². The molecule has 2 aromatic heterocycles. The molecule has 0 radical (unpaired) electrons. The van der Waals surface area contributed by atoms with Gasteiger partial charge in [-0.1, -0.05) is 59.3 Å². The summed E-state index contributed by atoms with van der Waals surface area (Å²) in [6, 6.07) is 9.52. The molecule has 1 N–H and O–H groups in total. The predicted octanol–water partition coefficient (Wildman–Crippen LogP) is 3.59. The molecule has 0 amide bonds. The maximum atomic E-state index is 12.4. The van der Waals surface area contributed by atoms with Crippen LogP contribution in [0.25, 0.3) is 17.1 Å². The van der Waals surface area contributed by atoms with E-state index in [1.54, 1.807) is 19.1 Å². The second kappa shape index (κ2) is 5.98. The zero-order valence-electron chi connectivity index (χ0n) is 12.0. The molecule has 0 saturated heterocycles. The Balaban J connectivity index is 2.16. The summed E-state index contributed by atoms with van der Waals surface area (Å²) in [4.78, 5) is 28.3. The van der Waals surface area contributed by atoms with Gasteiger partial charge in [-0.25, -0.2) is 9.78 Å². The van der Waals surface area contributed by atoms with Crippen molar-refractivity contribution in [2.45, 2.75) is 6.92 Å². The van der Waals surface area contributed by atoms with Crippen LogP contribution < -0.4 is 5.56 Å². The summed E-state index contributed by atoms with van der Waals surface area (Å²) in [5, 5.41) is 9.13. The number of aromatic carboxylic acids is 1. The molecular formula is C16H11ClN2O3S.